The number of nitriles is 1. The van der Waals surface area contributed by atoms with E-state index >= 15 is 0 Å². The van der Waals surface area contributed by atoms with Crippen LogP contribution in [0.15, 0.2) is 24.4 Å². The minimum absolute atomic E-state index is 0.0736. The summed E-state index contributed by atoms with van der Waals surface area (Å²) in [6.07, 6.45) is 6.25. The van der Waals surface area contributed by atoms with E-state index in [0.29, 0.717) is 17.3 Å². The molecule has 0 spiro atoms. The van der Waals surface area contributed by atoms with E-state index in [1.807, 2.05) is 0 Å². The quantitative estimate of drug-likeness (QED) is 0.893. The third-order valence-electron chi connectivity index (χ3n) is 3.57. The van der Waals surface area contributed by atoms with Crippen LogP contribution in [-0.4, -0.2) is 19.9 Å². The van der Waals surface area contributed by atoms with Crippen LogP contribution in [0.3, 0.4) is 0 Å². The number of aromatic nitrogens is 3. The lowest BCUT2D eigenvalue weighted by Crippen LogP contribution is -2.01. The van der Waals surface area contributed by atoms with Crippen LogP contribution < -0.4 is 0 Å². The summed E-state index contributed by atoms with van der Waals surface area (Å²) in [6, 6.07) is 7.00. The lowest BCUT2D eigenvalue weighted by atomic mass is 10.1. The summed E-state index contributed by atoms with van der Waals surface area (Å²) in [5.41, 5.74) is 1.42. The lowest BCUT2D eigenvalue weighted by molar-refractivity contribution is 0.432. The molecule has 0 radical (unpaired) electrons. The molecule has 5 heteroatoms. The van der Waals surface area contributed by atoms with Gasteiger partial charge in [-0.15, -0.1) is 0 Å². The van der Waals surface area contributed by atoms with Crippen LogP contribution in [0.5, 0.6) is 5.88 Å². The van der Waals surface area contributed by atoms with Gasteiger partial charge in [-0.2, -0.15) is 15.0 Å². The van der Waals surface area contributed by atoms with Gasteiger partial charge in [0.15, 0.2) is 5.82 Å². The van der Waals surface area contributed by atoms with Crippen LogP contribution >= 0.6 is 0 Å². The number of hydrogen-bond donors (Lipinski definition) is 1. The highest BCUT2D eigenvalue weighted by molar-refractivity contribution is 5.37. The van der Waals surface area contributed by atoms with E-state index < -0.39 is 0 Å². The number of rotatable bonds is 2. The van der Waals surface area contributed by atoms with Crippen LogP contribution in [0, 0.1) is 11.3 Å². The average Bonchev–Trinajstić information content (AvgIpc) is 3.07. The van der Waals surface area contributed by atoms with Crippen LogP contribution in [0.4, 0.5) is 0 Å². The Kier molecular flexibility index (Phi) is 2.92. The first kappa shape index (κ1) is 11.7. The van der Waals surface area contributed by atoms with Crippen molar-refractivity contribution in [1.29, 1.82) is 5.26 Å². The maximum absolute atomic E-state index is 9.99. The number of pyridine rings is 1. The molecule has 1 aliphatic carbocycles. The Bertz CT molecular complexity index is 635. The monoisotopic (exact) mass is 254 g/mol. The highest BCUT2D eigenvalue weighted by Crippen LogP contribution is 2.35. The normalized spacial score (nSPS) is 15.5. The molecule has 0 aliphatic heterocycles. The first-order valence-electron chi connectivity index (χ1n) is 6.43. The van der Waals surface area contributed by atoms with Crippen molar-refractivity contribution in [2.45, 2.75) is 31.6 Å². The number of hydrogen-bond acceptors (Lipinski definition) is 4. The number of aromatic hydroxyl groups is 1. The fourth-order valence-electron chi connectivity index (χ4n) is 2.58. The molecule has 2 aromatic heterocycles. The van der Waals surface area contributed by atoms with Gasteiger partial charge in [-0.05, 0) is 18.9 Å². The van der Waals surface area contributed by atoms with Crippen molar-refractivity contribution in [2.75, 3.05) is 0 Å². The second-order valence-corrected chi connectivity index (χ2v) is 4.84. The van der Waals surface area contributed by atoms with Gasteiger partial charge in [0.1, 0.15) is 0 Å². The second-order valence-electron chi connectivity index (χ2n) is 4.84. The van der Waals surface area contributed by atoms with E-state index in [-0.39, 0.29) is 5.88 Å². The highest BCUT2D eigenvalue weighted by Gasteiger charge is 2.21. The van der Waals surface area contributed by atoms with Crippen molar-refractivity contribution < 1.29 is 5.11 Å². The molecule has 0 bridgehead atoms. The molecule has 0 aromatic carbocycles. The van der Waals surface area contributed by atoms with Crippen LogP contribution in [0.1, 0.15) is 42.9 Å². The smallest absolute Gasteiger partial charge is 0.215 e. The first-order chi connectivity index (χ1) is 9.28. The molecule has 0 amide bonds. The maximum atomic E-state index is 9.99. The summed E-state index contributed by atoms with van der Waals surface area (Å²) in [5, 5.41) is 23.3. The topological polar surface area (TPSA) is 74.7 Å². The summed E-state index contributed by atoms with van der Waals surface area (Å²) in [7, 11) is 0. The van der Waals surface area contributed by atoms with E-state index in [1.54, 1.807) is 24.4 Å². The first-order valence-corrected chi connectivity index (χ1v) is 6.43. The zero-order valence-electron chi connectivity index (χ0n) is 10.5. The van der Waals surface area contributed by atoms with Crippen LogP contribution in [0.25, 0.3) is 5.82 Å². The standard InChI is InChI=1S/C14H14N4O/c15-9-10-5-6-16-13(7-10)18-14(19)8-12(17-18)11-3-1-2-4-11/h5-8,11,19H,1-4H2. The van der Waals surface area contributed by atoms with E-state index in [9.17, 15) is 5.11 Å². The van der Waals surface area contributed by atoms with Crippen molar-refractivity contribution >= 4 is 0 Å². The van der Waals surface area contributed by atoms with E-state index in [4.69, 9.17) is 5.26 Å². The van der Waals surface area contributed by atoms with Gasteiger partial charge >= 0.3 is 0 Å². The molecular weight excluding hydrogens is 240 g/mol. The molecule has 5 nitrogen and oxygen atoms in total. The average molecular weight is 254 g/mol. The minimum Gasteiger partial charge on any atom is -0.493 e. The Hall–Kier alpha value is -2.35. The van der Waals surface area contributed by atoms with Gasteiger partial charge in [-0.25, -0.2) is 4.98 Å². The van der Waals surface area contributed by atoms with Crippen molar-refractivity contribution in [3.8, 4) is 17.8 Å². The third-order valence-corrected chi connectivity index (χ3v) is 3.57. The molecule has 1 saturated carbocycles. The van der Waals surface area contributed by atoms with E-state index in [0.717, 1.165) is 18.5 Å². The molecule has 1 fully saturated rings. The summed E-state index contributed by atoms with van der Waals surface area (Å²) in [4.78, 5) is 4.15. The van der Waals surface area contributed by atoms with Crippen molar-refractivity contribution in [3.63, 3.8) is 0 Å². The fourth-order valence-corrected chi connectivity index (χ4v) is 2.58. The summed E-state index contributed by atoms with van der Waals surface area (Å²) in [6.45, 7) is 0. The SMILES string of the molecule is N#Cc1ccnc(-n2nc(C3CCCC3)cc2O)c1. The summed E-state index contributed by atoms with van der Waals surface area (Å²) >= 11 is 0. The molecule has 0 atom stereocenters. The largest absolute Gasteiger partial charge is 0.493 e. The van der Waals surface area contributed by atoms with Gasteiger partial charge in [0.05, 0.1) is 17.3 Å². The Morgan fingerprint density at radius 2 is 2.11 bits per heavy atom. The molecule has 1 N–H and O–H groups in total. The summed E-state index contributed by atoms with van der Waals surface area (Å²) in [5.74, 6) is 0.983. The van der Waals surface area contributed by atoms with Gasteiger partial charge in [0, 0.05) is 24.2 Å². The van der Waals surface area contributed by atoms with Gasteiger partial charge in [0.25, 0.3) is 0 Å². The van der Waals surface area contributed by atoms with E-state index in [1.165, 1.54) is 17.5 Å². The second kappa shape index (κ2) is 4.73. The highest BCUT2D eigenvalue weighted by atomic mass is 16.3. The lowest BCUT2D eigenvalue weighted by Gasteiger charge is -2.04. The molecule has 96 valence electrons. The minimum atomic E-state index is 0.0736. The fraction of sp³-hybridized carbons (Fsp3) is 0.357. The van der Waals surface area contributed by atoms with Crippen molar-refractivity contribution in [3.05, 3.63) is 35.7 Å². The van der Waals surface area contributed by atoms with Crippen LogP contribution in [0.2, 0.25) is 0 Å². The Morgan fingerprint density at radius 1 is 1.32 bits per heavy atom. The van der Waals surface area contributed by atoms with Gasteiger partial charge in [0.2, 0.25) is 5.88 Å². The Labute approximate surface area is 111 Å². The molecule has 3 rings (SSSR count). The molecule has 1 aliphatic rings. The van der Waals surface area contributed by atoms with Crippen molar-refractivity contribution in [1.82, 2.24) is 14.8 Å². The third kappa shape index (κ3) is 2.17. The van der Waals surface area contributed by atoms with Gasteiger partial charge in [-0.3, -0.25) is 0 Å². The van der Waals surface area contributed by atoms with Crippen LogP contribution in [-0.2, 0) is 0 Å². The molecule has 0 saturated heterocycles. The zero-order valence-corrected chi connectivity index (χ0v) is 10.5. The Morgan fingerprint density at radius 3 is 2.84 bits per heavy atom. The Balaban J connectivity index is 1.98. The zero-order chi connectivity index (χ0) is 13.2. The van der Waals surface area contributed by atoms with Crippen molar-refractivity contribution in [2.24, 2.45) is 0 Å². The maximum Gasteiger partial charge on any atom is 0.215 e. The molecular formula is C14H14N4O. The van der Waals surface area contributed by atoms with Gasteiger partial charge < -0.3 is 5.11 Å². The van der Waals surface area contributed by atoms with Gasteiger partial charge in [-0.1, -0.05) is 12.8 Å². The number of nitrogens with zero attached hydrogens (tertiary/aromatic N) is 4. The predicted octanol–water partition coefficient (Wildman–Crippen LogP) is 2.50. The molecule has 2 aromatic rings. The predicted molar refractivity (Wildman–Crippen MR) is 68.9 cm³/mol. The molecule has 19 heavy (non-hydrogen) atoms. The van der Waals surface area contributed by atoms with E-state index in [2.05, 4.69) is 16.2 Å². The molecule has 0 unspecified atom stereocenters. The molecule has 2 heterocycles. The summed E-state index contributed by atoms with van der Waals surface area (Å²) < 4.78 is 1.40.